The second-order valence-corrected chi connectivity index (χ2v) is 5.04. The van der Waals surface area contributed by atoms with Crippen LogP contribution in [0.2, 0.25) is 5.02 Å². The van der Waals surface area contributed by atoms with E-state index in [1.807, 2.05) is 0 Å². The fourth-order valence-corrected chi connectivity index (χ4v) is 2.04. The van der Waals surface area contributed by atoms with E-state index in [-0.39, 0.29) is 17.0 Å². The predicted octanol–water partition coefficient (Wildman–Crippen LogP) is 3.48. The molecule has 0 bridgehead atoms. The molecule has 0 saturated carbocycles. The molecule has 118 valence electrons. The SMILES string of the molecule is COC(=O)c1ccc(NC(=O)/C=C/c2cccc(Cl)c2)c(O)c1. The Balaban J connectivity index is 2.07. The second kappa shape index (κ2) is 7.47. The minimum Gasteiger partial charge on any atom is -0.506 e. The summed E-state index contributed by atoms with van der Waals surface area (Å²) < 4.78 is 4.55. The third-order valence-corrected chi connectivity index (χ3v) is 3.19. The third-order valence-electron chi connectivity index (χ3n) is 2.95. The first-order valence-corrected chi connectivity index (χ1v) is 7.03. The number of methoxy groups -OCH3 is 1. The van der Waals surface area contributed by atoms with Crippen molar-refractivity contribution in [2.45, 2.75) is 0 Å². The van der Waals surface area contributed by atoms with Gasteiger partial charge in [0.25, 0.3) is 0 Å². The van der Waals surface area contributed by atoms with Gasteiger partial charge in [-0.2, -0.15) is 0 Å². The van der Waals surface area contributed by atoms with E-state index in [0.29, 0.717) is 5.02 Å². The van der Waals surface area contributed by atoms with Gasteiger partial charge in [0.1, 0.15) is 5.75 Å². The van der Waals surface area contributed by atoms with Crippen LogP contribution in [0.1, 0.15) is 15.9 Å². The lowest BCUT2D eigenvalue weighted by molar-refractivity contribution is -0.111. The molecule has 1 amide bonds. The molecular formula is C17H14ClNO4. The molecule has 0 heterocycles. The molecule has 0 aromatic heterocycles. The summed E-state index contributed by atoms with van der Waals surface area (Å²) in [6.45, 7) is 0. The number of amides is 1. The number of ether oxygens (including phenoxy) is 1. The van der Waals surface area contributed by atoms with E-state index in [2.05, 4.69) is 10.1 Å². The van der Waals surface area contributed by atoms with E-state index in [0.717, 1.165) is 5.56 Å². The minimum atomic E-state index is -0.570. The summed E-state index contributed by atoms with van der Waals surface area (Å²) in [6, 6.07) is 11.1. The van der Waals surface area contributed by atoms with E-state index in [4.69, 9.17) is 11.6 Å². The van der Waals surface area contributed by atoms with Crippen molar-refractivity contribution in [3.05, 3.63) is 64.7 Å². The number of phenols is 1. The highest BCUT2D eigenvalue weighted by Gasteiger charge is 2.10. The number of anilines is 1. The summed E-state index contributed by atoms with van der Waals surface area (Å²) >= 11 is 5.86. The van der Waals surface area contributed by atoms with Crippen molar-refractivity contribution in [1.29, 1.82) is 0 Å². The monoisotopic (exact) mass is 331 g/mol. The van der Waals surface area contributed by atoms with Crippen molar-refractivity contribution in [2.75, 3.05) is 12.4 Å². The van der Waals surface area contributed by atoms with E-state index >= 15 is 0 Å². The maximum absolute atomic E-state index is 11.9. The Hall–Kier alpha value is -2.79. The van der Waals surface area contributed by atoms with Gasteiger partial charge in [-0.15, -0.1) is 0 Å². The fourth-order valence-electron chi connectivity index (χ4n) is 1.84. The number of nitrogens with one attached hydrogen (secondary N) is 1. The first-order valence-electron chi connectivity index (χ1n) is 6.65. The van der Waals surface area contributed by atoms with Crippen LogP contribution >= 0.6 is 11.6 Å². The van der Waals surface area contributed by atoms with E-state index < -0.39 is 11.9 Å². The summed E-state index contributed by atoms with van der Waals surface area (Å²) in [5.41, 5.74) is 1.16. The summed E-state index contributed by atoms with van der Waals surface area (Å²) in [5, 5.41) is 12.9. The quantitative estimate of drug-likeness (QED) is 0.511. The van der Waals surface area contributed by atoms with Crippen molar-refractivity contribution in [2.24, 2.45) is 0 Å². The molecule has 0 atom stereocenters. The molecule has 0 unspecified atom stereocenters. The molecule has 6 heteroatoms. The van der Waals surface area contributed by atoms with E-state index in [9.17, 15) is 14.7 Å². The van der Waals surface area contributed by atoms with Crippen molar-refractivity contribution in [3.8, 4) is 5.75 Å². The first kappa shape index (κ1) is 16.6. The largest absolute Gasteiger partial charge is 0.506 e. The standard InChI is InChI=1S/C17H14ClNO4/c1-23-17(22)12-6-7-14(15(20)10-12)19-16(21)8-5-11-3-2-4-13(18)9-11/h2-10,20H,1H3,(H,19,21)/b8-5+. The van der Waals surface area contributed by atoms with Crippen LogP contribution in [0.25, 0.3) is 6.08 Å². The summed E-state index contributed by atoms with van der Waals surface area (Å²) in [6.07, 6.45) is 2.92. The first-order chi connectivity index (χ1) is 11.0. The number of hydrogen-bond donors (Lipinski definition) is 2. The molecular weight excluding hydrogens is 318 g/mol. The number of halogens is 1. The van der Waals surface area contributed by atoms with E-state index in [1.54, 1.807) is 30.3 Å². The van der Waals surface area contributed by atoms with Crippen LogP contribution in [-0.2, 0) is 9.53 Å². The van der Waals surface area contributed by atoms with Crippen molar-refractivity contribution < 1.29 is 19.4 Å². The van der Waals surface area contributed by atoms with Crippen LogP contribution in [0.3, 0.4) is 0 Å². The number of carbonyl (C=O) groups excluding carboxylic acids is 2. The van der Waals surface area contributed by atoms with Gasteiger partial charge in [0.2, 0.25) is 5.91 Å². The van der Waals surface area contributed by atoms with Gasteiger partial charge < -0.3 is 15.2 Å². The predicted molar refractivity (Wildman–Crippen MR) is 88.6 cm³/mol. The van der Waals surface area contributed by atoms with Crippen LogP contribution < -0.4 is 5.32 Å². The van der Waals surface area contributed by atoms with Gasteiger partial charge in [-0.3, -0.25) is 4.79 Å². The molecule has 0 saturated heterocycles. The Morgan fingerprint density at radius 3 is 2.65 bits per heavy atom. The molecule has 2 aromatic rings. The molecule has 5 nitrogen and oxygen atoms in total. The second-order valence-electron chi connectivity index (χ2n) is 4.60. The van der Waals surface area contributed by atoms with Crippen LogP contribution in [-0.4, -0.2) is 24.1 Å². The zero-order valence-electron chi connectivity index (χ0n) is 12.2. The highest BCUT2D eigenvalue weighted by Crippen LogP contribution is 2.24. The summed E-state index contributed by atoms with van der Waals surface area (Å²) in [7, 11) is 1.25. The van der Waals surface area contributed by atoms with Gasteiger partial charge in [-0.1, -0.05) is 23.7 Å². The topological polar surface area (TPSA) is 75.6 Å². The third kappa shape index (κ3) is 4.59. The molecule has 0 aliphatic rings. The Morgan fingerprint density at radius 1 is 1.22 bits per heavy atom. The smallest absolute Gasteiger partial charge is 0.337 e. The number of rotatable bonds is 4. The Kier molecular flexibility index (Phi) is 5.38. The fraction of sp³-hybridized carbons (Fsp3) is 0.0588. The van der Waals surface area contributed by atoms with Gasteiger partial charge in [-0.05, 0) is 42.0 Å². The number of aromatic hydroxyl groups is 1. The lowest BCUT2D eigenvalue weighted by Crippen LogP contribution is -2.08. The Bertz CT molecular complexity index is 771. The highest BCUT2D eigenvalue weighted by molar-refractivity contribution is 6.30. The summed E-state index contributed by atoms with van der Waals surface area (Å²) in [4.78, 5) is 23.2. The highest BCUT2D eigenvalue weighted by atomic mass is 35.5. The van der Waals surface area contributed by atoms with Gasteiger partial charge >= 0.3 is 5.97 Å². The zero-order valence-corrected chi connectivity index (χ0v) is 13.0. The molecule has 2 aromatic carbocycles. The van der Waals surface area contributed by atoms with Crippen molar-refractivity contribution in [1.82, 2.24) is 0 Å². The van der Waals surface area contributed by atoms with Crippen molar-refractivity contribution >= 4 is 35.2 Å². The molecule has 23 heavy (non-hydrogen) atoms. The van der Waals surface area contributed by atoms with Crippen LogP contribution in [0.4, 0.5) is 5.69 Å². The molecule has 2 rings (SSSR count). The summed E-state index contributed by atoms with van der Waals surface area (Å²) in [5.74, 6) is -1.22. The molecule has 0 aliphatic carbocycles. The number of phenolic OH excluding ortho intramolecular Hbond substituents is 1. The molecule has 0 aliphatic heterocycles. The maximum atomic E-state index is 11.9. The molecule has 0 radical (unpaired) electrons. The average Bonchev–Trinajstić information content (AvgIpc) is 2.54. The van der Waals surface area contributed by atoms with Gasteiger partial charge in [0.05, 0.1) is 18.4 Å². The van der Waals surface area contributed by atoms with Gasteiger partial charge in [0.15, 0.2) is 0 Å². The zero-order chi connectivity index (χ0) is 16.8. The Labute approximate surface area is 138 Å². The Morgan fingerprint density at radius 2 is 2.00 bits per heavy atom. The normalized spacial score (nSPS) is 10.5. The number of esters is 1. The lowest BCUT2D eigenvalue weighted by atomic mass is 10.2. The number of hydrogen-bond acceptors (Lipinski definition) is 4. The molecule has 2 N–H and O–H groups in total. The van der Waals surface area contributed by atoms with Gasteiger partial charge in [-0.25, -0.2) is 4.79 Å². The number of benzene rings is 2. The van der Waals surface area contributed by atoms with E-state index in [1.165, 1.54) is 31.4 Å². The van der Waals surface area contributed by atoms with Gasteiger partial charge in [0, 0.05) is 11.1 Å². The van der Waals surface area contributed by atoms with Crippen LogP contribution in [0, 0.1) is 0 Å². The molecule has 0 spiro atoms. The maximum Gasteiger partial charge on any atom is 0.337 e. The molecule has 0 fully saturated rings. The minimum absolute atomic E-state index is 0.192. The number of carbonyl (C=O) groups is 2. The average molecular weight is 332 g/mol. The lowest BCUT2D eigenvalue weighted by Gasteiger charge is -2.06. The van der Waals surface area contributed by atoms with Crippen LogP contribution in [0.15, 0.2) is 48.5 Å². The van der Waals surface area contributed by atoms with Crippen LogP contribution in [0.5, 0.6) is 5.75 Å². The van der Waals surface area contributed by atoms with Crippen molar-refractivity contribution in [3.63, 3.8) is 0 Å².